The van der Waals surface area contributed by atoms with Crippen molar-refractivity contribution in [2.75, 3.05) is 0 Å². The Morgan fingerprint density at radius 3 is 2.50 bits per heavy atom. The highest BCUT2D eigenvalue weighted by atomic mass is 79.9. The minimum atomic E-state index is -0.461. The standard InChI is InChI=1S/C12H8BrNO2/c13-12-6-5-9(7-8-14(15)16)10-3-1-2-4-11(10)12/h1-8H/b8-7+. The van der Waals surface area contributed by atoms with E-state index in [2.05, 4.69) is 15.9 Å². The summed E-state index contributed by atoms with van der Waals surface area (Å²) < 4.78 is 0.987. The molecule has 3 nitrogen and oxygen atoms in total. The van der Waals surface area contributed by atoms with Gasteiger partial charge in [-0.3, -0.25) is 10.1 Å². The molecule has 0 atom stereocenters. The fourth-order valence-corrected chi connectivity index (χ4v) is 2.05. The highest BCUT2D eigenvalue weighted by Gasteiger charge is 2.02. The number of halogens is 1. The van der Waals surface area contributed by atoms with Crippen LogP contribution in [0.2, 0.25) is 0 Å². The van der Waals surface area contributed by atoms with Crippen LogP contribution in [-0.4, -0.2) is 4.92 Å². The molecule has 0 aliphatic heterocycles. The molecule has 0 aliphatic carbocycles. The molecule has 16 heavy (non-hydrogen) atoms. The molecule has 0 aromatic heterocycles. The van der Waals surface area contributed by atoms with E-state index in [4.69, 9.17) is 0 Å². The molecule has 0 bridgehead atoms. The minimum Gasteiger partial charge on any atom is -0.259 e. The molecule has 0 fully saturated rings. The summed E-state index contributed by atoms with van der Waals surface area (Å²) >= 11 is 3.45. The second-order valence-electron chi connectivity index (χ2n) is 3.28. The lowest BCUT2D eigenvalue weighted by molar-refractivity contribution is -0.400. The van der Waals surface area contributed by atoms with Crippen molar-refractivity contribution in [1.29, 1.82) is 0 Å². The molecule has 0 radical (unpaired) electrons. The lowest BCUT2D eigenvalue weighted by atomic mass is 10.0. The van der Waals surface area contributed by atoms with E-state index in [1.165, 1.54) is 6.08 Å². The zero-order chi connectivity index (χ0) is 11.5. The fraction of sp³-hybridized carbons (Fsp3) is 0. The Labute approximate surface area is 101 Å². The Hall–Kier alpha value is -1.68. The first-order valence-corrected chi connectivity index (χ1v) is 5.47. The van der Waals surface area contributed by atoms with E-state index in [1.54, 1.807) is 0 Å². The number of nitrogens with zero attached hydrogens (tertiary/aromatic N) is 1. The van der Waals surface area contributed by atoms with Crippen molar-refractivity contribution in [3.63, 3.8) is 0 Å². The number of nitro groups is 1. The van der Waals surface area contributed by atoms with Gasteiger partial charge in [-0.05, 0) is 22.4 Å². The number of rotatable bonds is 2. The van der Waals surface area contributed by atoms with Crippen LogP contribution in [0.25, 0.3) is 16.8 Å². The van der Waals surface area contributed by atoms with Gasteiger partial charge in [-0.1, -0.05) is 46.3 Å². The summed E-state index contributed by atoms with van der Waals surface area (Å²) in [5.74, 6) is 0. The van der Waals surface area contributed by atoms with Gasteiger partial charge in [0.25, 0.3) is 0 Å². The minimum absolute atomic E-state index is 0.461. The molecule has 0 saturated carbocycles. The maximum absolute atomic E-state index is 10.3. The van der Waals surface area contributed by atoms with Crippen molar-refractivity contribution in [3.05, 3.63) is 62.7 Å². The molecule has 0 spiro atoms. The summed E-state index contributed by atoms with van der Waals surface area (Å²) in [5, 5.41) is 12.3. The summed E-state index contributed by atoms with van der Waals surface area (Å²) in [6.45, 7) is 0. The third kappa shape index (κ3) is 2.12. The van der Waals surface area contributed by atoms with Gasteiger partial charge in [-0.25, -0.2) is 0 Å². The number of hydrogen-bond donors (Lipinski definition) is 0. The van der Waals surface area contributed by atoms with Gasteiger partial charge in [0.15, 0.2) is 0 Å². The van der Waals surface area contributed by atoms with Crippen molar-refractivity contribution >= 4 is 32.8 Å². The Morgan fingerprint density at radius 2 is 1.81 bits per heavy atom. The van der Waals surface area contributed by atoms with Gasteiger partial charge in [-0.2, -0.15) is 0 Å². The maximum Gasteiger partial charge on any atom is 0.235 e. The molecule has 80 valence electrons. The zero-order valence-electron chi connectivity index (χ0n) is 8.26. The third-order valence-corrected chi connectivity index (χ3v) is 2.97. The average Bonchev–Trinajstić information content (AvgIpc) is 2.28. The highest BCUT2D eigenvalue weighted by molar-refractivity contribution is 9.10. The van der Waals surface area contributed by atoms with Crippen molar-refractivity contribution in [2.45, 2.75) is 0 Å². The van der Waals surface area contributed by atoms with Crippen LogP contribution < -0.4 is 0 Å². The van der Waals surface area contributed by atoms with Crippen LogP contribution in [0.4, 0.5) is 0 Å². The van der Waals surface area contributed by atoms with Gasteiger partial charge in [-0.15, -0.1) is 0 Å². The first-order valence-electron chi connectivity index (χ1n) is 4.67. The van der Waals surface area contributed by atoms with Crippen LogP contribution in [0.3, 0.4) is 0 Å². The van der Waals surface area contributed by atoms with E-state index in [9.17, 15) is 10.1 Å². The molecule has 0 unspecified atom stereocenters. The van der Waals surface area contributed by atoms with Crippen LogP contribution in [0.15, 0.2) is 47.1 Å². The molecular weight excluding hydrogens is 270 g/mol. The first kappa shape index (κ1) is 10.8. The molecule has 0 amide bonds. The molecule has 0 N–H and O–H groups in total. The number of benzene rings is 2. The SMILES string of the molecule is O=[N+]([O-])/C=C/c1ccc(Br)c2ccccc12. The highest BCUT2D eigenvalue weighted by Crippen LogP contribution is 2.27. The quantitative estimate of drug-likeness (QED) is 0.618. The zero-order valence-corrected chi connectivity index (χ0v) is 9.85. The monoisotopic (exact) mass is 277 g/mol. The summed E-state index contributed by atoms with van der Waals surface area (Å²) in [4.78, 5) is 9.82. The molecule has 2 rings (SSSR count). The van der Waals surface area contributed by atoms with Crippen molar-refractivity contribution in [2.24, 2.45) is 0 Å². The van der Waals surface area contributed by atoms with Gasteiger partial charge in [0.1, 0.15) is 0 Å². The van der Waals surface area contributed by atoms with Gasteiger partial charge in [0, 0.05) is 10.5 Å². The largest absolute Gasteiger partial charge is 0.259 e. The molecule has 2 aromatic carbocycles. The number of hydrogen-bond acceptors (Lipinski definition) is 2. The second-order valence-corrected chi connectivity index (χ2v) is 4.14. The van der Waals surface area contributed by atoms with Crippen molar-refractivity contribution in [3.8, 4) is 0 Å². The molecule has 2 aromatic rings. The van der Waals surface area contributed by atoms with E-state index in [0.29, 0.717) is 0 Å². The third-order valence-electron chi connectivity index (χ3n) is 2.28. The molecule has 4 heteroatoms. The van der Waals surface area contributed by atoms with Gasteiger partial charge in [0.05, 0.1) is 4.92 Å². The molecule has 0 aliphatic rings. The fourth-order valence-electron chi connectivity index (χ4n) is 1.57. The van der Waals surface area contributed by atoms with E-state index in [1.807, 2.05) is 36.4 Å². The Kier molecular flexibility index (Phi) is 3.01. The average molecular weight is 278 g/mol. The summed E-state index contributed by atoms with van der Waals surface area (Å²) in [6.07, 6.45) is 2.46. The summed E-state index contributed by atoms with van der Waals surface area (Å²) in [5.41, 5.74) is 0.843. The second kappa shape index (κ2) is 4.45. The smallest absolute Gasteiger partial charge is 0.235 e. The normalized spacial score (nSPS) is 11.1. The van der Waals surface area contributed by atoms with Gasteiger partial charge < -0.3 is 0 Å². The predicted octanol–water partition coefficient (Wildman–Crippen LogP) is 3.85. The summed E-state index contributed by atoms with van der Waals surface area (Å²) in [7, 11) is 0. The number of fused-ring (bicyclic) bond motifs is 1. The van der Waals surface area contributed by atoms with Crippen LogP contribution >= 0.6 is 15.9 Å². The molecule has 0 saturated heterocycles. The Bertz CT molecular complexity index is 578. The van der Waals surface area contributed by atoms with Crippen LogP contribution in [0, 0.1) is 10.1 Å². The predicted molar refractivity (Wildman–Crippen MR) is 67.7 cm³/mol. The van der Waals surface area contributed by atoms with E-state index in [-0.39, 0.29) is 0 Å². The lowest BCUT2D eigenvalue weighted by Crippen LogP contribution is -1.84. The van der Waals surface area contributed by atoms with Gasteiger partial charge >= 0.3 is 0 Å². The van der Waals surface area contributed by atoms with Crippen molar-refractivity contribution < 1.29 is 4.92 Å². The first-order chi connectivity index (χ1) is 7.68. The van der Waals surface area contributed by atoms with Crippen LogP contribution in [0.5, 0.6) is 0 Å². The lowest BCUT2D eigenvalue weighted by Gasteiger charge is -2.03. The van der Waals surface area contributed by atoms with Crippen LogP contribution in [0.1, 0.15) is 5.56 Å². The molecule has 0 heterocycles. The Morgan fingerprint density at radius 1 is 1.12 bits per heavy atom. The van der Waals surface area contributed by atoms with Gasteiger partial charge in [0.2, 0.25) is 6.20 Å². The van der Waals surface area contributed by atoms with E-state index >= 15 is 0 Å². The summed E-state index contributed by atoms with van der Waals surface area (Å²) in [6, 6.07) is 11.5. The Balaban J connectivity index is 2.63. The van der Waals surface area contributed by atoms with Crippen molar-refractivity contribution in [1.82, 2.24) is 0 Å². The maximum atomic E-state index is 10.3. The van der Waals surface area contributed by atoms with E-state index in [0.717, 1.165) is 27.0 Å². The topological polar surface area (TPSA) is 43.1 Å². The molecular formula is C12H8BrNO2. The van der Waals surface area contributed by atoms with Crippen LogP contribution in [-0.2, 0) is 0 Å². The van der Waals surface area contributed by atoms with E-state index < -0.39 is 4.92 Å².